The highest BCUT2D eigenvalue weighted by Crippen LogP contribution is 2.07. The van der Waals surface area contributed by atoms with Crippen molar-refractivity contribution in [3.05, 3.63) is 0 Å². The molecule has 0 aromatic carbocycles. The Morgan fingerprint density at radius 1 is 1.54 bits per heavy atom. The number of aliphatic hydroxyl groups excluding tert-OH is 1. The maximum absolute atomic E-state index is 11.5. The number of hydrogen-bond donors (Lipinski definition) is 2. The summed E-state index contributed by atoms with van der Waals surface area (Å²) in [6.07, 6.45) is 0.460. The van der Waals surface area contributed by atoms with Crippen molar-refractivity contribution in [3.8, 4) is 0 Å². The van der Waals surface area contributed by atoms with E-state index in [2.05, 4.69) is 19.2 Å². The van der Waals surface area contributed by atoms with Gasteiger partial charge in [0.15, 0.2) is 5.78 Å². The summed E-state index contributed by atoms with van der Waals surface area (Å²) >= 11 is 0. The molecular formula is C10H21NO2. The van der Waals surface area contributed by atoms with Gasteiger partial charge in [0.05, 0.1) is 12.1 Å². The molecule has 0 aromatic rings. The molecule has 0 fully saturated rings. The van der Waals surface area contributed by atoms with Gasteiger partial charge < -0.3 is 10.4 Å². The molecule has 0 saturated heterocycles. The van der Waals surface area contributed by atoms with Crippen molar-refractivity contribution in [2.45, 2.75) is 39.7 Å². The average Bonchev–Trinajstić information content (AvgIpc) is 2.12. The third-order valence-corrected chi connectivity index (χ3v) is 2.15. The van der Waals surface area contributed by atoms with Crippen LogP contribution in [-0.2, 0) is 4.79 Å². The van der Waals surface area contributed by atoms with Crippen molar-refractivity contribution >= 4 is 5.78 Å². The summed E-state index contributed by atoms with van der Waals surface area (Å²) in [6.45, 7) is 8.33. The second kappa shape index (κ2) is 5.35. The lowest BCUT2D eigenvalue weighted by molar-refractivity contribution is -0.126. The van der Waals surface area contributed by atoms with Gasteiger partial charge in [-0.3, -0.25) is 4.79 Å². The van der Waals surface area contributed by atoms with Crippen molar-refractivity contribution in [1.82, 2.24) is 5.32 Å². The molecule has 0 bridgehead atoms. The number of Topliss-reactive ketones (excluding diaryl/α,β-unsaturated/α-hetero) is 1. The van der Waals surface area contributed by atoms with Gasteiger partial charge in [0, 0.05) is 6.42 Å². The van der Waals surface area contributed by atoms with Crippen LogP contribution in [0.15, 0.2) is 0 Å². The van der Waals surface area contributed by atoms with Crippen molar-refractivity contribution in [1.29, 1.82) is 0 Å². The maximum atomic E-state index is 11.5. The minimum Gasteiger partial charge on any atom is -0.394 e. The van der Waals surface area contributed by atoms with Crippen LogP contribution in [0.5, 0.6) is 0 Å². The molecule has 0 aliphatic heterocycles. The van der Waals surface area contributed by atoms with E-state index in [1.54, 1.807) is 6.92 Å². The highest BCUT2D eigenvalue weighted by molar-refractivity contribution is 5.87. The quantitative estimate of drug-likeness (QED) is 0.651. The first-order chi connectivity index (χ1) is 5.96. The number of ketones is 1. The van der Waals surface area contributed by atoms with Crippen molar-refractivity contribution in [3.63, 3.8) is 0 Å². The Labute approximate surface area is 80.5 Å². The lowest BCUT2D eigenvalue weighted by Crippen LogP contribution is -2.53. The molecule has 3 heteroatoms. The number of hydrogen-bond acceptors (Lipinski definition) is 3. The fourth-order valence-corrected chi connectivity index (χ4v) is 1.06. The van der Waals surface area contributed by atoms with E-state index in [0.29, 0.717) is 12.3 Å². The first-order valence-electron chi connectivity index (χ1n) is 4.85. The van der Waals surface area contributed by atoms with Crippen LogP contribution in [-0.4, -0.2) is 29.6 Å². The lowest BCUT2D eigenvalue weighted by atomic mass is 9.95. The molecule has 0 aliphatic rings. The van der Waals surface area contributed by atoms with Gasteiger partial charge in [0.25, 0.3) is 0 Å². The molecule has 1 atom stereocenters. The molecule has 0 spiro atoms. The molecule has 0 radical (unpaired) electrons. The number of carbonyl (C=O) groups excluding carboxylic acids is 1. The fraction of sp³-hybridized carbons (Fsp3) is 0.900. The molecule has 0 heterocycles. The van der Waals surface area contributed by atoms with Crippen LogP contribution < -0.4 is 5.32 Å². The van der Waals surface area contributed by atoms with Gasteiger partial charge in [-0.05, 0) is 19.4 Å². The van der Waals surface area contributed by atoms with Crippen LogP contribution in [0.2, 0.25) is 0 Å². The molecule has 0 unspecified atom stereocenters. The van der Waals surface area contributed by atoms with Crippen LogP contribution in [0.1, 0.15) is 34.1 Å². The Morgan fingerprint density at radius 3 is 2.38 bits per heavy atom. The first-order valence-corrected chi connectivity index (χ1v) is 4.85. The maximum Gasteiger partial charge on any atom is 0.154 e. The summed E-state index contributed by atoms with van der Waals surface area (Å²) in [5, 5.41) is 12.2. The SMILES string of the molecule is CCC(=O)[C@](C)(CO)NCC(C)C. The number of rotatable bonds is 6. The van der Waals surface area contributed by atoms with Gasteiger partial charge >= 0.3 is 0 Å². The van der Waals surface area contributed by atoms with Crippen LogP contribution in [0.3, 0.4) is 0 Å². The van der Waals surface area contributed by atoms with Crippen molar-refractivity contribution < 1.29 is 9.90 Å². The third kappa shape index (κ3) is 3.87. The smallest absolute Gasteiger partial charge is 0.154 e. The summed E-state index contributed by atoms with van der Waals surface area (Å²) < 4.78 is 0. The van der Waals surface area contributed by atoms with Crippen LogP contribution in [0.25, 0.3) is 0 Å². The van der Waals surface area contributed by atoms with E-state index in [0.717, 1.165) is 6.54 Å². The van der Waals surface area contributed by atoms with Crippen molar-refractivity contribution in [2.75, 3.05) is 13.2 Å². The van der Waals surface area contributed by atoms with Gasteiger partial charge in [0.2, 0.25) is 0 Å². The Bertz CT molecular complexity index is 168. The second-order valence-corrected chi connectivity index (χ2v) is 4.04. The Hall–Kier alpha value is -0.410. The van der Waals surface area contributed by atoms with Gasteiger partial charge in [-0.15, -0.1) is 0 Å². The van der Waals surface area contributed by atoms with Gasteiger partial charge in [-0.25, -0.2) is 0 Å². The zero-order chi connectivity index (χ0) is 10.5. The Morgan fingerprint density at radius 2 is 2.08 bits per heavy atom. The summed E-state index contributed by atoms with van der Waals surface area (Å²) in [7, 11) is 0. The number of carbonyl (C=O) groups is 1. The molecule has 0 aliphatic carbocycles. The molecule has 0 amide bonds. The average molecular weight is 187 g/mol. The summed E-state index contributed by atoms with van der Waals surface area (Å²) in [6, 6.07) is 0. The van der Waals surface area contributed by atoms with E-state index in [4.69, 9.17) is 5.11 Å². The molecule has 13 heavy (non-hydrogen) atoms. The normalized spacial score (nSPS) is 15.8. The highest BCUT2D eigenvalue weighted by Gasteiger charge is 2.29. The second-order valence-electron chi connectivity index (χ2n) is 4.04. The molecule has 0 saturated carbocycles. The molecular weight excluding hydrogens is 166 g/mol. The van der Waals surface area contributed by atoms with E-state index >= 15 is 0 Å². The zero-order valence-electron chi connectivity index (χ0n) is 9.05. The number of aliphatic hydroxyl groups is 1. The van der Waals surface area contributed by atoms with Gasteiger partial charge in [-0.1, -0.05) is 20.8 Å². The predicted octanol–water partition coefficient (Wildman–Crippen LogP) is 0.962. The largest absolute Gasteiger partial charge is 0.394 e. The topological polar surface area (TPSA) is 49.3 Å². The molecule has 2 N–H and O–H groups in total. The van der Waals surface area contributed by atoms with E-state index < -0.39 is 5.54 Å². The predicted molar refractivity (Wildman–Crippen MR) is 53.6 cm³/mol. The first kappa shape index (κ1) is 12.6. The molecule has 0 rings (SSSR count). The Kier molecular flexibility index (Phi) is 5.18. The molecule has 78 valence electrons. The summed E-state index contributed by atoms with van der Waals surface area (Å²) in [5.41, 5.74) is -0.751. The Balaban J connectivity index is 4.19. The standard InChI is InChI=1S/C10H21NO2/c1-5-9(13)10(4,7-12)11-6-8(2)3/h8,11-12H,5-7H2,1-4H3/t10-/m0/s1. The van der Waals surface area contributed by atoms with Crippen LogP contribution in [0.4, 0.5) is 0 Å². The van der Waals surface area contributed by atoms with Crippen LogP contribution >= 0.6 is 0 Å². The zero-order valence-corrected chi connectivity index (χ0v) is 9.05. The van der Waals surface area contributed by atoms with Gasteiger partial charge in [-0.2, -0.15) is 0 Å². The lowest BCUT2D eigenvalue weighted by Gasteiger charge is -2.27. The minimum atomic E-state index is -0.751. The van der Waals surface area contributed by atoms with Crippen LogP contribution in [0, 0.1) is 5.92 Å². The minimum absolute atomic E-state index is 0.0654. The van der Waals surface area contributed by atoms with E-state index in [-0.39, 0.29) is 12.4 Å². The van der Waals surface area contributed by atoms with Gasteiger partial charge in [0.1, 0.15) is 0 Å². The molecule has 3 nitrogen and oxygen atoms in total. The summed E-state index contributed by atoms with van der Waals surface area (Å²) in [4.78, 5) is 11.5. The highest BCUT2D eigenvalue weighted by atomic mass is 16.3. The fourth-order valence-electron chi connectivity index (χ4n) is 1.06. The van der Waals surface area contributed by atoms with E-state index in [1.807, 2.05) is 6.92 Å². The molecule has 0 aromatic heterocycles. The summed E-state index contributed by atoms with van der Waals surface area (Å²) in [5.74, 6) is 0.547. The van der Waals surface area contributed by atoms with E-state index in [9.17, 15) is 4.79 Å². The van der Waals surface area contributed by atoms with E-state index in [1.165, 1.54) is 0 Å². The number of nitrogens with one attached hydrogen (secondary N) is 1. The third-order valence-electron chi connectivity index (χ3n) is 2.15. The van der Waals surface area contributed by atoms with Crippen molar-refractivity contribution in [2.24, 2.45) is 5.92 Å². The monoisotopic (exact) mass is 187 g/mol.